The van der Waals surface area contributed by atoms with Crippen molar-refractivity contribution in [2.45, 2.75) is 19.9 Å². The van der Waals surface area contributed by atoms with E-state index in [2.05, 4.69) is 37.2 Å². The van der Waals surface area contributed by atoms with Crippen molar-refractivity contribution in [1.82, 2.24) is 20.2 Å². The molecular weight excluding hydrogens is 262 g/mol. The van der Waals surface area contributed by atoms with Gasteiger partial charge in [-0.2, -0.15) is 0 Å². The molecule has 0 amide bonds. The maximum atomic E-state index is 5.21. The Kier molecular flexibility index (Phi) is 5.22. The molecule has 1 heterocycles. The molecule has 0 atom stereocenters. The zero-order chi connectivity index (χ0) is 15.1. The van der Waals surface area contributed by atoms with E-state index in [0.29, 0.717) is 6.54 Å². The number of terminal acetylenes is 1. The highest BCUT2D eigenvalue weighted by atomic mass is 15.2. The number of nitrogens with zero attached hydrogens (tertiary/aromatic N) is 3. The van der Waals surface area contributed by atoms with Gasteiger partial charge in [-0.25, -0.2) is 4.98 Å². The quantitative estimate of drug-likeness (QED) is 0.379. The Balaban J connectivity index is 1.88. The van der Waals surface area contributed by atoms with E-state index in [4.69, 9.17) is 6.42 Å². The first-order valence-electron chi connectivity index (χ1n) is 7.06. The average molecular weight is 283 g/mol. The molecule has 0 aliphatic heterocycles. The van der Waals surface area contributed by atoms with Crippen LogP contribution in [0.2, 0.25) is 0 Å². The van der Waals surface area contributed by atoms with Gasteiger partial charge >= 0.3 is 0 Å². The Morgan fingerprint density at radius 2 is 2.19 bits per heavy atom. The van der Waals surface area contributed by atoms with Gasteiger partial charge in [0, 0.05) is 20.1 Å². The topological polar surface area (TPSA) is 54.2 Å². The molecule has 2 N–H and O–H groups in total. The van der Waals surface area contributed by atoms with Gasteiger partial charge in [0.25, 0.3) is 0 Å². The number of aryl methyl sites for hydroxylation is 2. The van der Waals surface area contributed by atoms with Crippen LogP contribution in [0, 0.1) is 19.3 Å². The van der Waals surface area contributed by atoms with Crippen molar-refractivity contribution in [3.63, 3.8) is 0 Å². The summed E-state index contributed by atoms with van der Waals surface area (Å²) in [5, 5.41) is 6.28. The highest BCUT2D eigenvalue weighted by Gasteiger charge is 2.05. The Morgan fingerprint density at radius 3 is 2.95 bits per heavy atom. The third-order valence-electron chi connectivity index (χ3n) is 3.28. The minimum atomic E-state index is 0.477. The monoisotopic (exact) mass is 283 g/mol. The maximum absolute atomic E-state index is 5.21. The van der Waals surface area contributed by atoms with Crippen LogP contribution in [0.5, 0.6) is 0 Å². The Hall–Kier alpha value is -2.48. The van der Waals surface area contributed by atoms with Crippen LogP contribution in [0.25, 0.3) is 11.0 Å². The number of hydrogen-bond donors (Lipinski definition) is 2. The van der Waals surface area contributed by atoms with Crippen LogP contribution in [0.15, 0.2) is 29.3 Å². The van der Waals surface area contributed by atoms with Gasteiger partial charge in [0.05, 0.1) is 17.6 Å². The fraction of sp³-hybridized carbons (Fsp3) is 0.375. The highest BCUT2D eigenvalue weighted by molar-refractivity contribution is 5.79. The van der Waals surface area contributed by atoms with Crippen LogP contribution in [0.3, 0.4) is 0 Å². The van der Waals surface area contributed by atoms with Crippen molar-refractivity contribution < 1.29 is 0 Å². The number of para-hydroxylation sites is 2. The van der Waals surface area contributed by atoms with Crippen molar-refractivity contribution in [2.75, 3.05) is 20.1 Å². The molecule has 1 aromatic carbocycles. The molecule has 0 aliphatic carbocycles. The maximum Gasteiger partial charge on any atom is 0.191 e. The second-order valence-electron chi connectivity index (χ2n) is 4.71. The smallest absolute Gasteiger partial charge is 0.191 e. The van der Waals surface area contributed by atoms with Gasteiger partial charge in [0.1, 0.15) is 5.82 Å². The predicted octanol–water partition coefficient (Wildman–Crippen LogP) is 1.53. The third-order valence-corrected chi connectivity index (χ3v) is 3.28. The zero-order valence-electron chi connectivity index (χ0n) is 12.6. The van der Waals surface area contributed by atoms with Gasteiger partial charge < -0.3 is 15.2 Å². The number of nitrogens with one attached hydrogen (secondary N) is 2. The summed E-state index contributed by atoms with van der Waals surface area (Å²) in [5.41, 5.74) is 2.24. The van der Waals surface area contributed by atoms with Crippen LogP contribution in [-0.4, -0.2) is 35.6 Å². The number of aliphatic imine (C=N–C) groups is 1. The average Bonchev–Trinajstić information content (AvgIpc) is 2.82. The summed E-state index contributed by atoms with van der Waals surface area (Å²) in [7, 11) is 1.74. The molecule has 2 rings (SSSR count). The minimum absolute atomic E-state index is 0.477. The van der Waals surface area contributed by atoms with Gasteiger partial charge in [0.15, 0.2) is 5.96 Å². The summed E-state index contributed by atoms with van der Waals surface area (Å²) in [6.07, 6.45) is 6.20. The molecule has 110 valence electrons. The number of imidazole rings is 1. The molecule has 0 unspecified atom stereocenters. The lowest BCUT2D eigenvalue weighted by atomic mass is 10.3. The fourth-order valence-electron chi connectivity index (χ4n) is 2.28. The molecule has 0 spiro atoms. The summed E-state index contributed by atoms with van der Waals surface area (Å²) in [4.78, 5) is 8.68. The molecule has 0 fully saturated rings. The second kappa shape index (κ2) is 7.34. The fourth-order valence-corrected chi connectivity index (χ4v) is 2.28. The molecule has 0 radical (unpaired) electrons. The van der Waals surface area contributed by atoms with E-state index in [1.54, 1.807) is 7.05 Å². The molecular formula is C16H21N5. The van der Waals surface area contributed by atoms with E-state index < -0.39 is 0 Å². The van der Waals surface area contributed by atoms with Crippen molar-refractivity contribution in [3.8, 4) is 12.3 Å². The lowest BCUT2D eigenvalue weighted by Gasteiger charge is -2.11. The molecule has 5 nitrogen and oxygen atoms in total. The van der Waals surface area contributed by atoms with Crippen LogP contribution in [0.4, 0.5) is 0 Å². The first kappa shape index (κ1) is 14.9. The summed E-state index contributed by atoms with van der Waals surface area (Å²) >= 11 is 0. The van der Waals surface area contributed by atoms with Crippen molar-refractivity contribution in [2.24, 2.45) is 4.99 Å². The Morgan fingerprint density at radius 1 is 1.38 bits per heavy atom. The molecule has 1 aromatic heterocycles. The van der Waals surface area contributed by atoms with Gasteiger partial charge in [-0.05, 0) is 25.5 Å². The first-order chi connectivity index (χ1) is 10.3. The van der Waals surface area contributed by atoms with E-state index in [1.165, 1.54) is 5.52 Å². The number of guanidine groups is 1. The van der Waals surface area contributed by atoms with Gasteiger partial charge in [0.2, 0.25) is 0 Å². The van der Waals surface area contributed by atoms with Crippen LogP contribution >= 0.6 is 0 Å². The molecule has 2 aromatic rings. The van der Waals surface area contributed by atoms with E-state index in [-0.39, 0.29) is 0 Å². The number of hydrogen-bond acceptors (Lipinski definition) is 2. The van der Waals surface area contributed by atoms with E-state index >= 15 is 0 Å². The Bertz CT molecular complexity index is 663. The SMILES string of the molecule is C#CCNC(=NC)NCCCn1c(C)nc2ccccc21. The summed E-state index contributed by atoms with van der Waals surface area (Å²) < 4.78 is 2.24. The van der Waals surface area contributed by atoms with Crippen LogP contribution in [-0.2, 0) is 6.54 Å². The zero-order valence-corrected chi connectivity index (χ0v) is 12.6. The van der Waals surface area contributed by atoms with Gasteiger partial charge in [-0.15, -0.1) is 6.42 Å². The summed E-state index contributed by atoms with van der Waals surface area (Å²) in [5.74, 6) is 4.31. The molecule has 5 heteroatoms. The van der Waals surface area contributed by atoms with E-state index in [0.717, 1.165) is 36.8 Å². The molecule has 0 saturated heterocycles. The second-order valence-corrected chi connectivity index (χ2v) is 4.71. The van der Waals surface area contributed by atoms with Gasteiger partial charge in [-0.3, -0.25) is 4.99 Å². The normalized spacial score (nSPS) is 11.4. The first-order valence-corrected chi connectivity index (χ1v) is 7.06. The predicted molar refractivity (Wildman–Crippen MR) is 87.3 cm³/mol. The molecule has 0 aliphatic rings. The summed E-state index contributed by atoms with van der Waals surface area (Å²) in [6, 6.07) is 8.21. The summed E-state index contributed by atoms with van der Waals surface area (Å²) in [6.45, 7) is 4.27. The largest absolute Gasteiger partial charge is 0.356 e. The van der Waals surface area contributed by atoms with Gasteiger partial charge in [-0.1, -0.05) is 18.1 Å². The van der Waals surface area contributed by atoms with Crippen molar-refractivity contribution >= 4 is 17.0 Å². The number of benzene rings is 1. The minimum Gasteiger partial charge on any atom is -0.356 e. The standard InChI is InChI=1S/C16H21N5/c1-4-10-18-16(17-3)19-11-7-12-21-13(2)20-14-8-5-6-9-15(14)21/h1,5-6,8-9H,7,10-12H2,2-3H3,(H2,17,18,19). The number of fused-ring (bicyclic) bond motifs is 1. The van der Waals surface area contributed by atoms with Crippen LogP contribution < -0.4 is 10.6 Å². The third kappa shape index (κ3) is 3.76. The highest BCUT2D eigenvalue weighted by Crippen LogP contribution is 2.15. The van der Waals surface area contributed by atoms with Crippen molar-refractivity contribution in [1.29, 1.82) is 0 Å². The van der Waals surface area contributed by atoms with E-state index in [9.17, 15) is 0 Å². The molecule has 21 heavy (non-hydrogen) atoms. The molecule has 0 bridgehead atoms. The lowest BCUT2D eigenvalue weighted by Crippen LogP contribution is -2.38. The number of rotatable bonds is 5. The Labute approximate surface area is 125 Å². The lowest BCUT2D eigenvalue weighted by molar-refractivity contribution is 0.626. The molecule has 0 saturated carbocycles. The van der Waals surface area contributed by atoms with E-state index in [1.807, 2.05) is 25.1 Å². The van der Waals surface area contributed by atoms with Crippen LogP contribution in [0.1, 0.15) is 12.2 Å². The van der Waals surface area contributed by atoms with Crippen molar-refractivity contribution in [3.05, 3.63) is 30.1 Å². The number of aromatic nitrogens is 2.